The molecule has 1 fully saturated rings. The van der Waals surface area contributed by atoms with Crippen LogP contribution in [0.3, 0.4) is 0 Å². The Morgan fingerprint density at radius 1 is 1.26 bits per heavy atom. The van der Waals surface area contributed by atoms with Crippen molar-refractivity contribution in [1.82, 2.24) is 10.2 Å². The molecule has 2 rings (SSSR count). The molecule has 1 saturated heterocycles. The predicted octanol–water partition coefficient (Wildman–Crippen LogP) is 3.14. The summed E-state index contributed by atoms with van der Waals surface area (Å²) >= 11 is 1.58. The molecular weight excluding hydrogens is 258 g/mol. The summed E-state index contributed by atoms with van der Waals surface area (Å²) in [6.07, 6.45) is 6.42. The summed E-state index contributed by atoms with van der Waals surface area (Å²) < 4.78 is 0. The van der Waals surface area contributed by atoms with Gasteiger partial charge in [0.2, 0.25) is 0 Å². The highest BCUT2D eigenvalue weighted by molar-refractivity contribution is 7.08. The lowest BCUT2D eigenvalue weighted by Gasteiger charge is -2.19. The number of hydrogen-bond acceptors (Lipinski definition) is 3. The number of nitrogens with one attached hydrogen (secondary N) is 2. The van der Waals surface area contributed by atoms with E-state index in [4.69, 9.17) is 0 Å². The van der Waals surface area contributed by atoms with E-state index in [1.807, 2.05) is 16.8 Å². The minimum Gasteiger partial charge on any atom is -0.338 e. The monoisotopic (exact) mass is 281 g/mol. The van der Waals surface area contributed by atoms with Crippen molar-refractivity contribution in [2.24, 2.45) is 0 Å². The number of rotatable bonds is 5. The molecule has 1 aromatic heterocycles. The third kappa shape index (κ3) is 5.61. The molecule has 0 saturated carbocycles. The maximum atomic E-state index is 11.6. The molecule has 2 heterocycles. The fourth-order valence-corrected chi connectivity index (χ4v) is 2.96. The molecule has 0 aromatic carbocycles. The second kappa shape index (κ2) is 8.17. The largest absolute Gasteiger partial charge is 0.338 e. The smallest absolute Gasteiger partial charge is 0.319 e. The van der Waals surface area contributed by atoms with E-state index in [0.717, 1.165) is 25.2 Å². The summed E-state index contributed by atoms with van der Waals surface area (Å²) in [5.74, 6) is 0. The molecule has 1 aromatic rings. The van der Waals surface area contributed by atoms with Crippen LogP contribution in [0.2, 0.25) is 0 Å². The van der Waals surface area contributed by atoms with Crippen LogP contribution in [0.25, 0.3) is 0 Å². The second-order valence-corrected chi connectivity index (χ2v) is 5.78. The summed E-state index contributed by atoms with van der Waals surface area (Å²) in [6.45, 7) is 4.29. The van der Waals surface area contributed by atoms with Gasteiger partial charge in [-0.1, -0.05) is 12.8 Å². The van der Waals surface area contributed by atoms with E-state index >= 15 is 0 Å². The Balaban J connectivity index is 1.54. The highest BCUT2D eigenvalue weighted by Crippen LogP contribution is 2.11. The molecule has 1 aliphatic rings. The lowest BCUT2D eigenvalue weighted by molar-refractivity contribution is 0.249. The van der Waals surface area contributed by atoms with Gasteiger partial charge in [-0.25, -0.2) is 4.79 Å². The molecular formula is C14H23N3OS. The molecule has 0 bridgehead atoms. The zero-order valence-corrected chi connectivity index (χ0v) is 12.2. The number of urea groups is 1. The van der Waals surface area contributed by atoms with Gasteiger partial charge in [0.05, 0.1) is 5.69 Å². The van der Waals surface area contributed by atoms with Crippen LogP contribution in [0.1, 0.15) is 32.1 Å². The van der Waals surface area contributed by atoms with Crippen LogP contribution in [0.15, 0.2) is 16.8 Å². The first kappa shape index (κ1) is 14.3. The first-order valence-electron chi connectivity index (χ1n) is 7.14. The van der Waals surface area contributed by atoms with Gasteiger partial charge in [-0.15, -0.1) is 0 Å². The van der Waals surface area contributed by atoms with Crippen molar-refractivity contribution in [3.8, 4) is 0 Å². The minimum absolute atomic E-state index is 0.103. The summed E-state index contributed by atoms with van der Waals surface area (Å²) in [5.41, 5.74) is 0.870. The number of likely N-dealkylation sites (tertiary alicyclic amines) is 1. The Kier molecular flexibility index (Phi) is 6.17. The minimum atomic E-state index is -0.103. The number of nitrogens with zero attached hydrogens (tertiary/aromatic N) is 1. The SMILES string of the molecule is O=C(NCCCN1CCCCCC1)Nc1ccsc1. The fourth-order valence-electron chi connectivity index (χ4n) is 2.38. The van der Waals surface area contributed by atoms with Gasteiger partial charge in [-0.05, 0) is 50.3 Å². The fraction of sp³-hybridized carbons (Fsp3) is 0.643. The maximum Gasteiger partial charge on any atom is 0.319 e. The lowest BCUT2D eigenvalue weighted by Crippen LogP contribution is -2.32. The molecule has 0 unspecified atom stereocenters. The van der Waals surface area contributed by atoms with Crippen LogP contribution in [0.5, 0.6) is 0 Å². The van der Waals surface area contributed by atoms with Crippen molar-refractivity contribution in [2.45, 2.75) is 32.1 Å². The predicted molar refractivity (Wildman–Crippen MR) is 80.9 cm³/mol. The van der Waals surface area contributed by atoms with E-state index in [0.29, 0.717) is 0 Å². The van der Waals surface area contributed by atoms with Crippen molar-refractivity contribution >= 4 is 23.1 Å². The zero-order chi connectivity index (χ0) is 13.3. The Hall–Kier alpha value is -1.07. The number of amides is 2. The van der Waals surface area contributed by atoms with E-state index in [1.165, 1.54) is 38.8 Å². The van der Waals surface area contributed by atoms with Gasteiger partial charge in [-0.3, -0.25) is 0 Å². The Bertz CT molecular complexity index is 359. The van der Waals surface area contributed by atoms with Crippen molar-refractivity contribution in [1.29, 1.82) is 0 Å². The molecule has 106 valence electrons. The molecule has 2 N–H and O–H groups in total. The quantitative estimate of drug-likeness (QED) is 0.814. The first-order valence-corrected chi connectivity index (χ1v) is 8.08. The second-order valence-electron chi connectivity index (χ2n) is 5.00. The summed E-state index contributed by atoms with van der Waals surface area (Å²) in [6, 6.07) is 1.80. The molecule has 5 heteroatoms. The highest BCUT2D eigenvalue weighted by atomic mass is 32.1. The first-order chi connectivity index (χ1) is 9.34. The van der Waals surface area contributed by atoms with Gasteiger partial charge in [0.25, 0.3) is 0 Å². The normalized spacial score (nSPS) is 16.8. The average molecular weight is 281 g/mol. The highest BCUT2D eigenvalue weighted by Gasteiger charge is 2.08. The van der Waals surface area contributed by atoms with Crippen LogP contribution in [0, 0.1) is 0 Å². The van der Waals surface area contributed by atoms with Crippen LogP contribution < -0.4 is 10.6 Å². The van der Waals surface area contributed by atoms with Gasteiger partial charge in [-0.2, -0.15) is 11.3 Å². The molecule has 0 aliphatic carbocycles. The molecule has 0 spiro atoms. The number of carbonyl (C=O) groups excluding carboxylic acids is 1. The number of carbonyl (C=O) groups is 1. The van der Waals surface area contributed by atoms with Gasteiger partial charge < -0.3 is 15.5 Å². The average Bonchev–Trinajstić information content (AvgIpc) is 2.76. The molecule has 0 radical (unpaired) electrons. The third-order valence-corrected chi connectivity index (χ3v) is 4.10. The van der Waals surface area contributed by atoms with Gasteiger partial charge in [0.1, 0.15) is 0 Å². The number of anilines is 1. The van der Waals surface area contributed by atoms with Crippen molar-refractivity contribution in [2.75, 3.05) is 31.5 Å². The molecule has 2 amide bonds. The molecule has 1 aliphatic heterocycles. The van der Waals surface area contributed by atoms with Crippen molar-refractivity contribution < 1.29 is 4.79 Å². The Morgan fingerprint density at radius 3 is 2.74 bits per heavy atom. The zero-order valence-electron chi connectivity index (χ0n) is 11.4. The van der Waals surface area contributed by atoms with Crippen molar-refractivity contribution in [3.05, 3.63) is 16.8 Å². The van der Waals surface area contributed by atoms with Gasteiger partial charge >= 0.3 is 6.03 Å². The summed E-state index contributed by atoms with van der Waals surface area (Å²) in [7, 11) is 0. The Labute approximate surface area is 119 Å². The van der Waals surface area contributed by atoms with E-state index in [2.05, 4.69) is 15.5 Å². The van der Waals surface area contributed by atoms with E-state index < -0.39 is 0 Å². The van der Waals surface area contributed by atoms with Crippen LogP contribution in [-0.4, -0.2) is 37.1 Å². The van der Waals surface area contributed by atoms with E-state index in [-0.39, 0.29) is 6.03 Å². The molecule has 19 heavy (non-hydrogen) atoms. The van der Waals surface area contributed by atoms with Crippen LogP contribution in [0.4, 0.5) is 10.5 Å². The molecule has 0 atom stereocenters. The maximum absolute atomic E-state index is 11.6. The van der Waals surface area contributed by atoms with Gasteiger partial charge in [0, 0.05) is 11.9 Å². The standard InChI is InChI=1S/C14H23N3OS/c18-14(16-13-6-11-19-12-13)15-7-5-10-17-8-3-1-2-4-9-17/h6,11-12H,1-5,7-10H2,(H2,15,16,18). The topological polar surface area (TPSA) is 44.4 Å². The van der Waals surface area contributed by atoms with Crippen molar-refractivity contribution in [3.63, 3.8) is 0 Å². The Morgan fingerprint density at radius 2 is 2.05 bits per heavy atom. The number of hydrogen-bond donors (Lipinski definition) is 2. The molecule has 4 nitrogen and oxygen atoms in total. The summed E-state index contributed by atoms with van der Waals surface area (Å²) in [5, 5.41) is 9.60. The van der Waals surface area contributed by atoms with Crippen LogP contribution >= 0.6 is 11.3 Å². The lowest BCUT2D eigenvalue weighted by atomic mass is 10.2. The third-order valence-electron chi connectivity index (χ3n) is 3.41. The van der Waals surface area contributed by atoms with Gasteiger partial charge in [0.15, 0.2) is 0 Å². The number of thiophene rings is 1. The van der Waals surface area contributed by atoms with E-state index in [1.54, 1.807) is 11.3 Å². The summed E-state index contributed by atoms with van der Waals surface area (Å²) in [4.78, 5) is 14.1. The van der Waals surface area contributed by atoms with Crippen LogP contribution in [-0.2, 0) is 0 Å². The van der Waals surface area contributed by atoms with E-state index in [9.17, 15) is 4.79 Å².